The van der Waals surface area contributed by atoms with E-state index in [0.717, 1.165) is 34.1 Å². The summed E-state index contributed by atoms with van der Waals surface area (Å²) in [6.07, 6.45) is 2.14. The summed E-state index contributed by atoms with van der Waals surface area (Å²) in [5.41, 5.74) is 1.85. The topological polar surface area (TPSA) is 29.1 Å². The smallest absolute Gasteiger partial charge is 0.251 e. The first-order chi connectivity index (χ1) is 7.16. The predicted molar refractivity (Wildman–Crippen MR) is 71.1 cm³/mol. The van der Waals surface area contributed by atoms with Gasteiger partial charge in [-0.3, -0.25) is 4.79 Å². The lowest BCUT2D eigenvalue weighted by atomic mass is 10.1. The number of carbonyl (C=O) groups excluding carboxylic acids is 1. The monoisotopic (exact) mass is 317 g/mol. The van der Waals surface area contributed by atoms with Crippen molar-refractivity contribution < 1.29 is 4.79 Å². The van der Waals surface area contributed by atoms with Crippen LogP contribution in [0.5, 0.6) is 0 Å². The first-order valence-corrected chi connectivity index (χ1v) is 6.28. The van der Waals surface area contributed by atoms with Gasteiger partial charge in [-0.05, 0) is 53.6 Å². The maximum Gasteiger partial charge on any atom is 0.251 e. The molecule has 0 heterocycles. The minimum atomic E-state index is 0.0412. The molecule has 0 saturated carbocycles. The zero-order valence-electron chi connectivity index (χ0n) is 9.14. The molecule has 0 fully saturated rings. The van der Waals surface area contributed by atoms with Crippen LogP contribution in [0.1, 0.15) is 35.7 Å². The number of nitrogens with one attached hydrogen (secondary N) is 1. The molecule has 0 aliphatic heterocycles. The summed E-state index contributed by atoms with van der Waals surface area (Å²) in [6.45, 7) is 4.86. The molecule has 1 rings (SSSR count). The Morgan fingerprint density at radius 2 is 2.20 bits per heavy atom. The highest BCUT2D eigenvalue weighted by Gasteiger charge is 2.09. The fourth-order valence-electron chi connectivity index (χ4n) is 1.33. The van der Waals surface area contributed by atoms with E-state index in [1.54, 1.807) is 0 Å². The number of hydrogen-bond acceptors (Lipinski definition) is 1. The molecule has 0 saturated heterocycles. The molecule has 1 aromatic rings. The molecule has 1 aromatic carbocycles. The molecule has 82 valence electrons. The van der Waals surface area contributed by atoms with Gasteiger partial charge >= 0.3 is 0 Å². The van der Waals surface area contributed by atoms with E-state index in [9.17, 15) is 4.79 Å². The van der Waals surface area contributed by atoms with Crippen molar-refractivity contribution in [3.63, 3.8) is 0 Å². The number of carbonyl (C=O) groups is 1. The average molecular weight is 317 g/mol. The number of halogens is 1. The number of benzene rings is 1. The second kappa shape index (κ2) is 6.10. The van der Waals surface area contributed by atoms with E-state index in [2.05, 4.69) is 34.8 Å². The lowest BCUT2D eigenvalue weighted by molar-refractivity contribution is 0.0952. The summed E-state index contributed by atoms with van der Waals surface area (Å²) in [5, 5.41) is 2.93. The molecule has 0 aromatic heterocycles. The van der Waals surface area contributed by atoms with Crippen LogP contribution in [0.4, 0.5) is 0 Å². The summed E-state index contributed by atoms with van der Waals surface area (Å²) in [4.78, 5) is 11.8. The Labute approximate surface area is 105 Å². The summed E-state index contributed by atoms with van der Waals surface area (Å²) in [7, 11) is 0. The normalized spacial score (nSPS) is 10.1. The number of unbranched alkanes of at least 4 members (excludes halogenated alkanes) is 1. The minimum absolute atomic E-state index is 0.0412. The summed E-state index contributed by atoms with van der Waals surface area (Å²) in [6, 6.07) is 5.81. The van der Waals surface area contributed by atoms with Crippen LogP contribution in [0.3, 0.4) is 0 Å². The van der Waals surface area contributed by atoms with Gasteiger partial charge in [0.1, 0.15) is 0 Å². The molecule has 0 aliphatic carbocycles. The molecule has 0 radical (unpaired) electrons. The van der Waals surface area contributed by atoms with E-state index in [0.29, 0.717) is 0 Å². The van der Waals surface area contributed by atoms with Crippen molar-refractivity contribution in [1.82, 2.24) is 5.32 Å². The SMILES string of the molecule is CCCCNC(=O)c1cccc(I)c1C. The van der Waals surface area contributed by atoms with Crippen LogP contribution in [-0.2, 0) is 0 Å². The summed E-state index contributed by atoms with van der Waals surface area (Å²) >= 11 is 2.25. The lowest BCUT2D eigenvalue weighted by Gasteiger charge is -2.08. The van der Waals surface area contributed by atoms with Crippen molar-refractivity contribution in [2.75, 3.05) is 6.54 Å². The van der Waals surface area contributed by atoms with E-state index < -0.39 is 0 Å². The van der Waals surface area contributed by atoms with Gasteiger partial charge in [-0.15, -0.1) is 0 Å². The van der Waals surface area contributed by atoms with Gasteiger partial charge in [-0.1, -0.05) is 19.4 Å². The van der Waals surface area contributed by atoms with Gasteiger partial charge in [0.15, 0.2) is 0 Å². The van der Waals surface area contributed by atoms with Crippen molar-refractivity contribution in [3.05, 3.63) is 32.9 Å². The third kappa shape index (κ3) is 3.48. The van der Waals surface area contributed by atoms with Gasteiger partial charge in [0.25, 0.3) is 5.91 Å². The molecule has 0 bridgehead atoms. The highest BCUT2D eigenvalue weighted by molar-refractivity contribution is 14.1. The highest BCUT2D eigenvalue weighted by atomic mass is 127. The van der Waals surface area contributed by atoms with Gasteiger partial charge in [-0.2, -0.15) is 0 Å². The fourth-order valence-corrected chi connectivity index (χ4v) is 1.83. The summed E-state index contributed by atoms with van der Waals surface area (Å²) in [5.74, 6) is 0.0412. The van der Waals surface area contributed by atoms with Crippen LogP contribution in [0.25, 0.3) is 0 Å². The molecule has 15 heavy (non-hydrogen) atoms. The van der Waals surface area contributed by atoms with Crippen LogP contribution in [0.15, 0.2) is 18.2 Å². The Kier molecular flexibility index (Phi) is 5.08. The van der Waals surface area contributed by atoms with Crippen molar-refractivity contribution in [3.8, 4) is 0 Å². The molecule has 1 amide bonds. The van der Waals surface area contributed by atoms with Crippen LogP contribution in [0, 0.1) is 10.5 Å². The van der Waals surface area contributed by atoms with Gasteiger partial charge in [0.2, 0.25) is 0 Å². The number of amides is 1. The third-order valence-corrected chi connectivity index (χ3v) is 3.50. The lowest BCUT2D eigenvalue weighted by Crippen LogP contribution is -2.25. The molecule has 0 atom stereocenters. The standard InChI is InChI=1S/C12H16INO/c1-3-4-8-14-12(15)10-6-5-7-11(13)9(10)2/h5-7H,3-4,8H2,1-2H3,(H,14,15). The minimum Gasteiger partial charge on any atom is -0.352 e. The Bertz CT molecular complexity index is 349. The highest BCUT2D eigenvalue weighted by Crippen LogP contribution is 2.15. The molecule has 1 N–H and O–H groups in total. The average Bonchev–Trinajstić information content (AvgIpc) is 2.22. The van der Waals surface area contributed by atoms with Gasteiger partial charge in [0, 0.05) is 15.7 Å². The van der Waals surface area contributed by atoms with Gasteiger partial charge in [0.05, 0.1) is 0 Å². The zero-order chi connectivity index (χ0) is 11.3. The van der Waals surface area contributed by atoms with Crippen molar-refractivity contribution in [2.45, 2.75) is 26.7 Å². The Morgan fingerprint density at radius 1 is 1.47 bits per heavy atom. The summed E-state index contributed by atoms with van der Waals surface area (Å²) < 4.78 is 1.13. The van der Waals surface area contributed by atoms with E-state index >= 15 is 0 Å². The van der Waals surface area contributed by atoms with E-state index in [4.69, 9.17) is 0 Å². The van der Waals surface area contributed by atoms with Gasteiger partial charge < -0.3 is 5.32 Å². The third-order valence-electron chi connectivity index (χ3n) is 2.33. The largest absolute Gasteiger partial charge is 0.352 e. The van der Waals surface area contributed by atoms with Crippen LogP contribution < -0.4 is 5.32 Å². The Morgan fingerprint density at radius 3 is 2.87 bits per heavy atom. The molecule has 0 unspecified atom stereocenters. The Balaban J connectivity index is 2.69. The van der Waals surface area contributed by atoms with Crippen molar-refractivity contribution >= 4 is 28.5 Å². The fraction of sp³-hybridized carbons (Fsp3) is 0.417. The zero-order valence-corrected chi connectivity index (χ0v) is 11.3. The van der Waals surface area contributed by atoms with Crippen LogP contribution >= 0.6 is 22.6 Å². The molecule has 2 nitrogen and oxygen atoms in total. The maximum atomic E-state index is 11.8. The molecule has 0 aliphatic rings. The predicted octanol–water partition coefficient (Wildman–Crippen LogP) is 3.13. The van der Waals surface area contributed by atoms with E-state index in [-0.39, 0.29) is 5.91 Å². The first-order valence-electron chi connectivity index (χ1n) is 5.20. The second-order valence-electron chi connectivity index (χ2n) is 3.52. The van der Waals surface area contributed by atoms with Crippen molar-refractivity contribution in [2.24, 2.45) is 0 Å². The van der Waals surface area contributed by atoms with Gasteiger partial charge in [-0.25, -0.2) is 0 Å². The van der Waals surface area contributed by atoms with Crippen molar-refractivity contribution in [1.29, 1.82) is 0 Å². The van der Waals surface area contributed by atoms with E-state index in [1.165, 1.54) is 0 Å². The molecular weight excluding hydrogens is 301 g/mol. The van der Waals surface area contributed by atoms with Crippen LogP contribution in [-0.4, -0.2) is 12.5 Å². The van der Waals surface area contributed by atoms with Crippen LogP contribution in [0.2, 0.25) is 0 Å². The maximum absolute atomic E-state index is 11.8. The molecular formula is C12H16INO. The molecule has 0 spiro atoms. The van der Waals surface area contributed by atoms with E-state index in [1.807, 2.05) is 25.1 Å². The first kappa shape index (κ1) is 12.5. The Hall–Kier alpha value is -0.580. The second-order valence-corrected chi connectivity index (χ2v) is 4.68. The number of hydrogen-bond donors (Lipinski definition) is 1. The number of rotatable bonds is 4. The quantitative estimate of drug-likeness (QED) is 0.671. The molecule has 3 heteroatoms.